The third kappa shape index (κ3) is 0.691. The van der Waals surface area contributed by atoms with E-state index in [1.165, 1.54) is 0 Å². The maximum atomic E-state index is 9.42. The molecule has 0 radical (unpaired) electrons. The third-order valence-corrected chi connectivity index (χ3v) is 2.06. The fraction of sp³-hybridized carbons (Fsp3) is 0. The second kappa shape index (κ2) is 2.14. The molecule has 2 aromatic rings. The first-order valence-corrected chi connectivity index (χ1v) is 3.68. The van der Waals surface area contributed by atoms with Gasteiger partial charge in [0.2, 0.25) is 0 Å². The van der Waals surface area contributed by atoms with E-state index in [4.69, 9.17) is 0 Å². The van der Waals surface area contributed by atoms with Crippen molar-refractivity contribution in [2.75, 3.05) is 0 Å². The van der Waals surface area contributed by atoms with E-state index in [9.17, 15) is 5.21 Å². The van der Waals surface area contributed by atoms with Gasteiger partial charge in [-0.15, -0.1) is 0 Å². The molecule has 0 saturated carbocycles. The molecule has 0 bridgehead atoms. The summed E-state index contributed by atoms with van der Waals surface area (Å²) in [6, 6.07) is 7.66. The van der Waals surface area contributed by atoms with E-state index in [2.05, 4.69) is 13.2 Å². The van der Waals surface area contributed by atoms with Crippen LogP contribution in [0.15, 0.2) is 24.3 Å². The van der Waals surface area contributed by atoms with Crippen LogP contribution in [0, 0.1) is 0 Å². The Morgan fingerprint density at radius 3 is 1.83 bits per heavy atom. The molecule has 0 spiro atoms. The van der Waals surface area contributed by atoms with Crippen molar-refractivity contribution in [3.63, 3.8) is 0 Å². The van der Waals surface area contributed by atoms with E-state index in [0.29, 0.717) is 10.7 Å². The summed E-state index contributed by atoms with van der Waals surface area (Å²) in [6.45, 7) is 7.48. The van der Waals surface area contributed by atoms with Crippen molar-refractivity contribution >= 4 is 23.9 Å². The van der Waals surface area contributed by atoms with Crippen LogP contribution in [0.4, 0.5) is 0 Å². The van der Waals surface area contributed by atoms with Gasteiger partial charge in [-0.3, -0.25) is 0 Å². The average molecular weight is 159 g/mol. The molecule has 0 aliphatic rings. The standard InChI is InChI=1S/C10H9NO/c1-7-9-5-3-4-6-10(9)8(2)11(7)12/h3-6,12H,1-2H2. The zero-order chi connectivity index (χ0) is 8.72. The highest BCUT2D eigenvalue weighted by atomic mass is 16.5. The quantitative estimate of drug-likeness (QED) is 0.562. The fourth-order valence-electron chi connectivity index (χ4n) is 1.38. The summed E-state index contributed by atoms with van der Waals surface area (Å²) >= 11 is 0. The first-order chi connectivity index (χ1) is 5.72. The minimum absolute atomic E-state index is 0.593. The minimum atomic E-state index is 0.593. The third-order valence-electron chi connectivity index (χ3n) is 2.06. The normalized spacial score (nSPS) is 10.7. The Morgan fingerprint density at radius 1 is 1.00 bits per heavy atom. The van der Waals surface area contributed by atoms with Gasteiger partial charge in [0.15, 0.2) is 0 Å². The van der Waals surface area contributed by atoms with Crippen molar-refractivity contribution < 1.29 is 5.21 Å². The van der Waals surface area contributed by atoms with E-state index in [0.717, 1.165) is 15.5 Å². The molecule has 0 fully saturated rings. The molecule has 0 unspecified atom stereocenters. The highest BCUT2D eigenvalue weighted by Gasteiger charge is 2.00. The average Bonchev–Trinajstić information content (AvgIpc) is 2.33. The summed E-state index contributed by atoms with van der Waals surface area (Å²) in [5, 5.41) is 12.5. The summed E-state index contributed by atoms with van der Waals surface area (Å²) < 4.78 is 1.02. The Labute approximate surface area is 69.6 Å². The number of fused-ring (bicyclic) bond motifs is 1. The first kappa shape index (κ1) is 6.98. The Kier molecular flexibility index (Phi) is 1.24. The van der Waals surface area contributed by atoms with E-state index >= 15 is 0 Å². The van der Waals surface area contributed by atoms with Crippen LogP contribution in [0.25, 0.3) is 23.9 Å². The number of rotatable bonds is 0. The van der Waals surface area contributed by atoms with Gasteiger partial charge >= 0.3 is 0 Å². The Hall–Kier alpha value is -1.70. The van der Waals surface area contributed by atoms with Crippen LogP contribution < -0.4 is 10.7 Å². The molecule has 2 nitrogen and oxygen atoms in total. The van der Waals surface area contributed by atoms with Crippen LogP contribution >= 0.6 is 0 Å². The summed E-state index contributed by atoms with van der Waals surface area (Å²) in [7, 11) is 0. The van der Waals surface area contributed by atoms with Gasteiger partial charge in [-0.2, -0.15) is 4.73 Å². The van der Waals surface area contributed by atoms with Gasteiger partial charge in [-0.25, -0.2) is 0 Å². The lowest BCUT2D eigenvalue weighted by Gasteiger charge is -1.86. The zero-order valence-electron chi connectivity index (χ0n) is 6.62. The predicted molar refractivity (Wildman–Crippen MR) is 49.4 cm³/mol. The Morgan fingerprint density at radius 2 is 1.42 bits per heavy atom. The van der Waals surface area contributed by atoms with Crippen LogP contribution in [-0.4, -0.2) is 9.94 Å². The largest absolute Gasteiger partial charge is 0.428 e. The smallest absolute Gasteiger partial charge is 0.0807 e. The highest BCUT2D eigenvalue weighted by Crippen LogP contribution is 2.02. The second-order valence-corrected chi connectivity index (χ2v) is 2.75. The maximum absolute atomic E-state index is 9.42. The molecular formula is C10H9NO. The van der Waals surface area contributed by atoms with Crippen LogP contribution in [0.1, 0.15) is 0 Å². The molecule has 1 aromatic carbocycles. The van der Waals surface area contributed by atoms with E-state index in [1.807, 2.05) is 24.3 Å². The number of hydrogen-bond acceptors (Lipinski definition) is 1. The van der Waals surface area contributed by atoms with E-state index in [1.54, 1.807) is 0 Å². The van der Waals surface area contributed by atoms with Crippen molar-refractivity contribution in [1.29, 1.82) is 0 Å². The molecule has 60 valence electrons. The van der Waals surface area contributed by atoms with Gasteiger partial charge in [0.25, 0.3) is 0 Å². The molecule has 0 saturated heterocycles. The summed E-state index contributed by atoms with van der Waals surface area (Å²) in [4.78, 5) is 0. The zero-order valence-corrected chi connectivity index (χ0v) is 6.62. The van der Waals surface area contributed by atoms with Gasteiger partial charge in [0, 0.05) is 10.8 Å². The van der Waals surface area contributed by atoms with Gasteiger partial charge in [-0.05, 0) is 0 Å². The number of benzene rings is 1. The SMILES string of the molecule is C=c1c2ccccc2c(=C)n1O. The first-order valence-electron chi connectivity index (χ1n) is 3.68. The Bertz CT molecular complexity index is 477. The molecule has 2 heteroatoms. The lowest BCUT2D eigenvalue weighted by molar-refractivity contribution is 0.173. The molecule has 1 N–H and O–H groups in total. The molecule has 0 amide bonds. The molecule has 0 aliphatic heterocycles. The van der Waals surface area contributed by atoms with Crippen LogP contribution in [0.3, 0.4) is 0 Å². The van der Waals surface area contributed by atoms with Gasteiger partial charge in [0.1, 0.15) is 0 Å². The minimum Gasteiger partial charge on any atom is -0.428 e. The van der Waals surface area contributed by atoms with Crippen molar-refractivity contribution in [2.45, 2.75) is 0 Å². The molecular weight excluding hydrogens is 150 g/mol. The lowest BCUT2D eigenvalue weighted by atomic mass is 10.2. The predicted octanol–water partition coefficient (Wildman–Crippen LogP) is 0.699. The van der Waals surface area contributed by atoms with Crippen LogP contribution in [-0.2, 0) is 0 Å². The summed E-state index contributed by atoms with van der Waals surface area (Å²) in [5.74, 6) is 0. The van der Waals surface area contributed by atoms with Gasteiger partial charge in [0.05, 0.1) is 10.7 Å². The summed E-state index contributed by atoms with van der Waals surface area (Å²) in [6.07, 6.45) is 0. The van der Waals surface area contributed by atoms with Crippen LogP contribution in [0.5, 0.6) is 0 Å². The fourth-order valence-corrected chi connectivity index (χ4v) is 1.38. The molecule has 1 aromatic heterocycles. The van der Waals surface area contributed by atoms with Crippen LogP contribution in [0.2, 0.25) is 0 Å². The Balaban J connectivity index is 3.21. The maximum Gasteiger partial charge on any atom is 0.0807 e. The van der Waals surface area contributed by atoms with Gasteiger partial charge < -0.3 is 5.21 Å². The molecule has 0 aliphatic carbocycles. The van der Waals surface area contributed by atoms with Crippen molar-refractivity contribution in [3.05, 3.63) is 35.0 Å². The van der Waals surface area contributed by atoms with Crippen molar-refractivity contribution in [3.8, 4) is 0 Å². The number of nitrogens with zero attached hydrogens (tertiary/aromatic N) is 1. The van der Waals surface area contributed by atoms with Crippen molar-refractivity contribution in [1.82, 2.24) is 4.73 Å². The summed E-state index contributed by atoms with van der Waals surface area (Å²) in [5.41, 5.74) is 0. The lowest BCUT2D eigenvalue weighted by Crippen LogP contribution is -2.21. The van der Waals surface area contributed by atoms with E-state index in [-0.39, 0.29) is 0 Å². The monoisotopic (exact) mass is 159 g/mol. The molecule has 12 heavy (non-hydrogen) atoms. The topological polar surface area (TPSA) is 25.2 Å². The highest BCUT2D eigenvalue weighted by molar-refractivity contribution is 5.83. The van der Waals surface area contributed by atoms with E-state index < -0.39 is 0 Å². The number of aromatic nitrogens is 1. The molecule has 2 rings (SSSR count). The molecule has 0 atom stereocenters. The molecule has 1 heterocycles. The number of hydrogen-bond donors (Lipinski definition) is 1. The van der Waals surface area contributed by atoms with Gasteiger partial charge in [-0.1, -0.05) is 37.4 Å². The van der Waals surface area contributed by atoms with Crippen molar-refractivity contribution in [2.24, 2.45) is 0 Å². The second-order valence-electron chi connectivity index (χ2n) is 2.75.